The number of hydrogen-bond acceptors (Lipinski definition) is 4. The molecule has 0 radical (unpaired) electrons. The first-order chi connectivity index (χ1) is 16.4. The van der Waals surface area contributed by atoms with Crippen molar-refractivity contribution in [2.45, 2.75) is 97.1 Å². The van der Waals surface area contributed by atoms with E-state index in [1.165, 1.54) is 44.9 Å². The maximum Gasteiger partial charge on any atom is 0.138 e. The Labute approximate surface area is 206 Å². The second-order valence-electron chi connectivity index (χ2n) is 12.4. The average molecular weight is 468 g/mol. The first-order valence-electron chi connectivity index (χ1n) is 14.1. The maximum atomic E-state index is 11.1. The van der Waals surface area contributed by atoms with E-state index in [-0.39, 0.29) is 0 Å². The van der Waals surface area contributed by atoms with Gasteiger partial charge in [-0.2, -0.15) is 10.4 Å². The molecule has 1 N–H and O–H groups in total. The van der Waals surface area contributed by atoms with Crippen molar-refractivity contribution in [3.8, 4) is 6.07 Å². The summed E-state index contributed by atoms with van der Waals surface area (Å²) in [5.74, 6) is 5.42. The third kappa shape index (κ3) is 4.13. The van der Waals surface area contributed by atoms with Crippen LogP contribution in [-0.4, -0.2) is 33.7 Å². The Morgan fingerprint density at radius 3 is 2.74 bits per heavy atom. The molecule has 34 heavy (non-hydrogen) atoms. The van der Waals surface area contributed by atoms with Crippen LogP contribution in [-0.2, 0) is 11.3 Å². The second-order valence-corrected chi connectivity index (χ2v) is 12.4. The fraction of sp³-hybridized carbons (Fsp3) is 0.862. The Morgan fingerprint density at radius 2 is 1.97 bits per heavy atom. The number of hydrogen-bond donors (Lipinski definition) is 1. The number of rotatable bonds is 7. The van der Waals surface area contributed by atoms with E-state index in [0.717, 1.165) is 55.4 Å². The molecule has 0 aliphatic heterocycles. The average Bonchev–Trinajstić information content (AvgIpc) is 3.44. The van der Waals surface area contributed by atoms with Gasteiger partial charge in [-0.25, -0.2) is 0 Å². The van der Waals surface area contributed by atoms with E-state index in [0.29, 0.717) is 36.2 Å². The van der Waals surface area contributed by atoms with E-state index in [1.807, 2.05) is 17.7 Å². The molecule has 0 saturated heterocycles. The summed E-state index contributed by atoms with van der Waals surface area (Å²) in [6, 6.07) is 4.16. The molecule has 0 unspecified atom stereocenters. The summed E-state index contributed by atoms with van der Waals surface area (Å²) in [5.41, 5.74) is 0.537. The number of fused-ring (bicyclic) bond motifs is 5. The summed E-state index contributed by atoms with van der Waals surface area (Å²) in [5, 5.41) is 25.1. The molecule has 1 heterocycles. The minimum Gasteiger partial charge on any atom is -0.387 e. The zero-order chi connectivity index (χ0) is 23.9. The first kappa shape index (κ1) is 24.3. The Kier molecular flexibility index (Phi) is 6.85. The van der Waals surface area contributed by atoms with Gasteiger partial charge in [0.15, 0.2) is 0 Å². The minimum atomic E-state index is -0.589. The van der Waals surface area contributed by atoms with Crippen molar-refractivity contribution in [3.05, 3.63) is 18.0 Å². The molecular formula is C29H45N3O2. The molecule has 5 rings (SSSR count). The smallest absolute Gasteiger partial charge is 0.138 e. The van der Waals surface area contributed by atoms with Gasteiger partial charge in [0.05, 0.1) is 18.4 Å². The predicted octanol–water partition coefficient (Wildman–Crippen LogP) is 5.82. The van der Waals surface area contributed by atoms with E-state index in [4.69, 9.17) is 4.74 Å². The molecule has 0 spiro atoms. The van der Waals surface area contributed by atoms with E-state index in [9.17, 15) is 10.4 Å². The first-order valence-corrected chi connectivity index (χ1v) is 14.1. The number of aromatic nitrogens is 2. The predicted molar refractivity (Wildman–Crippen MR) is 133 cm³/mol. The lowest BCUT2D eigenvalue weighted by Crippen LogP contribution is -2.52. The molecule has 5 heteroatoms. The lowest BCUT2D eigenvalue weighted by molar-refractivity contribution is -0.130. The fourth-order valence-electron chi connectivity index (χ4n) is 9.54. The Hall–Kier alpha value is -1.38. The van der Waals surface area contributed by atoms with E-state index in [2.05, 4.69) is 25.0 Å². The highest BCUT2D eigenvalue weighted by Crippen LogP contribution is 2.66. The van der Waals surface area contributed by atoms with Crippen molar-refractivity contribution in [3.63, 3.8) is 0 Å². The van der Waals surface area contributed by atoms with Crippen LogP contribution in [0.15, 0.2) is 12.3 Å². The quantitative estimate of drug-likeness (QED) is 0.549. The standard InChI is InChI=1S/C29H45N3O2/c1-4-20(18-32-22(17-30)12-15-31-32)26-8-9-27-25-7-6-21-16-29(33,19-34-5-2)14-11-23(21)24(25)10-13-28(26,27)3/h12,15,20-21,23-27,33H,4-11,13-14,16,18-19H2,1-3H3/t20-,21+,23-,24+,25+,26+,27-,28+,29+/m0/s1. The Bertz CT molecular complexity index is 892. The SMILES string of the molecule is CCOC[C@@]1(O)CC[C@H]2[C@H](CC[C@@H]3[C@@H]2CC[C@]2(C)[C@@H]([C@@H](CC)Cn4nccc4C#N)CC[C@@H]32)C1. The molecule has 1 aromatic heterocycles. The number of aliphatic hydroxyl groups is 1. The van der Waals surface area contributed by atoms with Gasteiger partial charge in [0.2, 0.25) is 0 Å². The normalized spacial score (nSPS) is 42.3. The summed E-state index contributed by atoms with van der Waals surface area (Å²) in [7, 11) is 0. The van der Waals surface area contributed by atoms with Crippen LogP contribution in [0.4, 0.5) is 0 Å². The van der Waals surface area contributed by atoms with Gasteiger partial charge in [-0.05, 0) is 118 Å². The van der Waals surface area contributed by atoms with Crippen molar-refractivity contribution in [2.75, 3.05) is 13.2 Å². The van der Waals surface area contributed by atoms with Gasteiger partial charge < -0.3 is 9.84 Å². The topological polar surface area (TPSA) is 71.1 Å². The van der Waals surface area contributed by atoms with Crippen LogP contribution in [0.3, 0.4) is 0 Å². The van der Waals surface area contributed by atoms with Gasteiger partial charge in [0, 0.05) is 13.2 Å². The summed E-state index contributed by atoms with van der Waals surface area (Å²) in [6.45, 7) is 9.07. The highest BCUT2D eigenvalue weighted by molar-refractivity contribution is 5.18. The molecular weight excluding hydrogens is 422 g/mol. The lowest BCUT2D eigenvalue weighted by Gasteiger charge is -2.57. The number of nitriles is 1. The van der Waals surface area contributed by atoms with Gasteiger partial charge in [-0.1, -0.05) is 20.3 Å². The van der Waals surface area contributed by atoms with Crippen molar-refractivity contribution in [1.82, 2.24) is 9.78 Å². The monoisotopic (exact) mass is 467 g/mol. The molecule has 4 saturated carbocycles. The minimum absolute atomic E-state index is 0.430. The van der Waals surface area contributed by atoms with Crippen LogP contribution >= 0.6 is 0 Å². The van der Waals surface area contributed by atoms with Crippen molar-refractivity contribution in [2.24, 2.45) is 46.8 Å². The van der Waals surface area contributed by atoms with Crippen LogP contribution in [0, 0.1) is 58.2 Å². The summed E-state index contributed by atoms with van der Waals surface area (Å²) >= 11 is 0. The lowest BCUT2D eigenvalue weighted by atomic mass is 9.48. The van der Waals surface area contributed by atoms with Gasteiger partial charge >= 0.3 is 0 Å². The fourth-order valence-corrected chi connectivity index (χ4v) is 9.54. The maximum absolute atomic E-state index is 11.1. The van der Waals surface area contributed by atoms with Gasteiger partial charge in [0.1, 0.15) is 11.8 Å². The third-order valence-electron chi connectivity index (χ3n) is 11.1. The summed E-state index contributed by atoms with van der Waals surface area (Å²) < 4.78 is 7.61. The van der Waals surface area contributed by atoms with E-state index < -0.39 is 5.60 Å². The molecule has 188 valence electrons. The molecule has 4 aliphatic carbocycles. The summed E-state index contributed by atoms with van der Waals surface area (Å²) in [6.07, 6.45) is 14.1. The zero-order valence-corrected chi connectivity index (χ0v) is 21.6. The Balaban J connectivity index is 1.29. The van der Waals surface area contributed by atoms with Crippen LogP contribution in [0.2, 0.25) is 0 Å². The van der Waals surface area contributed by atoms with Crippen molar-refractivity contribution >= 4 is 0 Å². The van der Waals surface area contributed by atoms with E-state index in [1.54, 1.807) is 6.20 Å². The zero-order valence-electron chi connectivity index (χ0n) is 21.6. The van der Waals surface area contributed by atoms with Gasteiger partial charge in [-0.15, -0.1) is 0 Å². The van der Waals surface area contributed by atoms with Crippen LogP contribution in [0.1, 0.15) is 90.7 Å². The van der Waals surface area contributed by atoms with Crippen LogP contribution in [0.5, 0.6) is 0 Å². The molecule has 4 aliphatic rings. The van der Waals surface area contributed by atoms with E-state index >= 15 is 0 Å². The summed E-state index contributed by atoms with van der Waals surface area (Å²) in [4.78, 5) is 0. The highest BCUT2D eigenvalue weighted by Gasteiger charge is 2.58. The van der Waals surface area contributed by atoms with Crippen LogP contribution < -0.4 is 0 Å². The molecule has 0 bridgehead atoms. The van der Waals surface area contributed by atoms with Gasteiger partial charge in [0.25, 0.3) is 0 Å². The van der Waals surface area contributed by atoms with Crippen molar-refractivity contribution in [1.29, 1.82) is 5.26 Å². The number of nitrogens with zero attached hydrogens (tertiary/aromatic N) is 3. The second kappa shape index (κ2) is 9.58. The third-order valence-corrected chi connectivity index (χ3v) is 11.1. The largest absolute Gasteiger partial charge is 0.387 e. The van der Waals surface area contributed by atoms with Crippen molar-refractivity contribution < 1.29 is 9.84 Å². The molecule has 9 atom stereocenters. The van der Waals surface area contributed by atoms with Gasteiger partial charge in [-0.3, -0.25) is 4.68 Å². The highest BCUT2D eigenvalue weighted by atomic mass is 16.5. The van der Waals surface area contributed by atoms with Crippen LogP contribution in [0.25, 0.3) is 0 Å². The molecule has 0 amide bonds. The molecule has 1 aromatic rings. The Morgan fingerprint density at radius 1 is 1.15 bits per heavy atom. The molecule has 5 nitrogen and oxygen atoms in total. The number of ether oxygens (including phenoxy) is 1. The molecule has 4 fully saturated rings. The molecule has 0 aromatic carbocycles.